The minimum Gasteiger partial charge on any atom is -0.481 e. The first-order valence-corrected chi connectivity index (χ1v) is 7.84. The van der Waals surface area contributed by atoms with Crippen LogP contribution in [0.15, 0.2) is 40.9 Å². The summed E-state index contributed by atoms with van der Waals surface area (Å²) < 4.78 is 10.8. The molecular weight excluding hydrogens is 306 g/mol. The molecule has 1 saturated carbocycles. The normalized spacial score (nSPS) is 13.9. The Kier molecular flexibility index (Phi) is 3.45. The van der Waals surface area contributed by atoms with Gasteiger partial charge in [-0.3, -0.25) is 4.79 Å². The number of amides is 1. The highest BCUT2D eigenvalue weighted by Crippen LogP contribution is 2.40. The largest absolute Gasteiger partial charge is 0.481 e. The Hall–Kier alpha value is -2.89. The molecule has 0 bridgehead atoms. The summed E-state index contributed by atoms with van der Waals surface area (Å²) in [6.07, 6.45) is 3.87. The van der Waals surface area contributed by atoms with Gasteiger partial charge in [-0.2, -0.15) is 0 Å². The van der Waals surface area contributed by atoms with E-state index in [1.54, 1.807) is 49.5 Å². The molecule has 1 fully saturated rings. The first-order chi connectivity index (χ1) is 11.7. The highest BCUT2D eigenvalue weighted by atomic mass is 16.5. The zero-order valence-electron chi connectivity index (χ0n) is 13.5. The van der Waals surface area contributed by atoms with Gasteiger partial charge < -0.3 is 14.1 Å². The highest BCUT2D eigenvalue weighted by Gasteiger charge is 2.29. The van der Waals surface area contributed by atoms with Crippen LogP contribution >= 0.6 is 0 Å². The number of hydrogen-bond acceptors (Lipinski definition) is 5. The smallest absolute Gasteiger partial charge is 0.258 e. The lowest BCUT2D eigenvalue weighted by Gasteiger charge is -2.17. The van der Waals surface area contributed by atoms with Crippen molar-refractivity contribution in [2.45, 2.75) is 18.8 Å². The molecule has 0 saturated heterocycles. The van der Waals surface area contributed by atoms with Gasteiger partial charge in [0, 0.05) is 24.6 Å². The van der Waals surface area contributed by atoms with E-state index in [2.05, 4.69) is 9.97 Å². The molecule has 2 aromatic heterocycles. The molecule has 1 amide bonds. The summed E-state index contributed by atoms with van der Waals surface area (Å²) in [7, 11) is 3.27. The third kappa shape index (κ3) is 2.60. The van der Waals surface area contributed by atoms with E-state index < -0.39 is 0 Å². The molecular formula is C18H17N3O3. The summed E-state index contributed by atoms with van der Waals surface area (Å²) >= 11 is 0. The van der Waals surface area contributed by atoms with E-state index in [-0.39, 0.29) is 5.91 Å². The molecule has 0 spiro atoms. The molecule has 24 heavy (non-hydrogen) atoms. The number of rotatable bonds is 4. The molecule has 0 atom stereocenters. The number of aromatic nitrogens is 2. The molecule has 6 nitrogen and oxygen atoms in total. The van der Waals surface area contributed by atoms with Crippen LogP contribution in [0.25, 0.3) is 11.1 Å². The number of pyridine rings is 1. The van der Waals surface area contributed by atoms with Crippen LogP contribution in [0.3, 0.4) is 0 Å². The zero-order chi connectivity index (χ0) is 16.7. The second kappa shape index (κ2) is 5.63. The summed E-state index contributed by atoms with van der Waals surface area (Å²) in [6.45, 7) is 0. The van der Waals surface area contributed by atoms with E-state index in [4.69, 9.17) is 9.15 Å². The molecule has 1 aliphatic rings. The Morgan fingerprint density at radius 3 is 2.79 bits per heavy atom. The Balaban J connectivity index is 1.61. The molecule has 1 aliphatic carbocycles. The van der Waals surface area contributed by atoms with Gasteiger partial charge in [0.1, 0.15) is 5.52 Å². The lowest BCUT2D eigenvalue weighted by molar-refractivity contribution is 0.0993. The van der Waals surface area contributed by atoms with Gasteiger partial charge in [-0.1, -0.05) is 0 Å². The maximum Gasteiger partial charge on any atom is 0.258 e. The van der Waals surface area contributed by atoms with Gasteiger partial charge in [0.15, 0.2) is 11.5 Å². The van der Waals surface area contributed by atoms with Gasteiger partial charge in [0.05, 0.1) is 19.0 Å². The molecule has 0 aliphatic heterocycles. The van der Waals surface area contributed by atoms with Crippen LogP contribution in [0, 0.1) is 0 Å². The Morgan fingerprint density at radius 1 is 1.29 bits per heavy atom. The van der Waals surface area contributed by atoms with Crippen molar-refractivity contribution in [2.75, 3.05) is 19.1 Å². The molecule has 3 aromatic rings. The topological polar surface area (TPSA) is 68.5 Å². The molecule has 0 N–H and O–H groups in total. The third-order valence-electron chi connectivity index (χ3n) is 4.20. The molecule has 6 heteroatoms. The number of ether oxygens (including phenoxy) is 1. The molecule has 122 valence electrons. The van der Waals surface area contributed by atoms with Crippen LogP contribution in [-0.4, -0.2) is 30.0 Å². The average molecular weight is 323 g/mol. The number of benzene rings is 1. The van der Waals surface area contributed by atoms with Gasteiger partial charge in [0.25, 0.3) is 5.91 Å². The summed E-state index contributed by atoms with van der Waals surface area (Å²) in [6, 6.07) is 8.88. The monoisotopic (exact) mass is 323 g/mol. The molecule has 4 rings (SSSR count). The lowest BCUT2D eigenvalue weighted by Crippen LogP contribution is -2.26. The standard InChI is InChI=1S/C18H17N3O3/c1-21(13-6-8-16(23-2)19-10-13)18(22)12-5-7-14-15(9-12)24-17(20-14)11-3-4-11/h5-11H,3-4H2,1-2H3. The van der Waals surface area contributed by atoms with Gasteiger partial charge in [-0.15, -0.1) is 0 Å². The van der Waals surface area contributed by atoms with Crippen molar-refractivity contribution in [3.05, 3.63) is 48.0 Å². The van der Waals surface area contributed by atoms with Crippen LogP contribution in [0.4, 0.5) is 5.69 Å². The van der Waals surface area contributed by atoms with E-state index >= 15 is 0 Å². The quantitative estimate of drug-likeness (QED) is 0.736. The van der Waals surface area contributed by atoms with E-state index in [1.165, 1.54) is 0 Å². The first kappa shape index (κ1) is 14.7. The lowest BCUT2D eigenvalue weighted by atomic mass is 10.2. The van der Waals surface area contributed by atoms with Crippen molar-refractivity contribution in [3.63, 3.8) is 0 Å². The second-order valence-corrected chi connectivity index (χ2v) is 5.93. The molecule has 0 radical (unpaired) electrons. The number of carbonyl (C=O) groups is 1. The zero-order valence-corrected chi connectivity index (χ0v) is 13.5. The maximum absolute atomic E-state index is 12.7. The number of fused-ring (bicyclic) bond motifs is 1. The van der Waals surface area contributed by atoms with Crippen molar-refractivity contribution in [1.82, 2.24) is 9.97 Å². The van der Waals surface area contributed by atoms with Crippen LogP contribution in [0.5, 0.6) is 5.88 Å². The Morgan fingerprint density at radius 2 is 2.12 bits per heavy atom. The Labute approximate surface area is 139 Å². The minimum atomic E-state index is -0.131. The fourth-order valence-electron chi connectivity index (χ4n) is 2.58. The van der Waals surface area contributed by atoms with Crippen molar-refractivity contribution >= 4 is 22.7 Å². The maximum atomic E-state index is 12.7. The molecule has 1 aromatic carbocycles. The SMILES string of the molecule is COc1ccc(N(C)C(=O)c2ccc3nc(C4CC4)oc3c2)cn1. The minimum absolute atomic E-state index is 0.131. The van der Waals surface area contributed by atoms with Gasteiger partial charge in [-0.05, 0) is 37.1 Å². The number of hydrogen-bond donors (Lipinski definition) is 0. The summed E-state index contributed by atoms with van der Waals surface area (Å²) in [5, 5.41) is 0. The Bertz CT molecular complexity index is 898. The molecule has 2 heterocycles. The fourth-order valence-corrected chi connectivity index (χ4v) is 2.58. The van der Waals surface area contributed by atoms with E-state index in [1.807, 2.05) is 6.07 Å². The fraction of sp³-hybridized carbons (Fsp3) is 0.278. The van der Waals surface area contributed by atoms with Crippen LogP contribution < -0.4 is 9.64 Å². The van der Waals surface area contributed by atoms with Gasteiger partial charge in [0.2, 0.25) is 5.88 Å². The van der Waals surface area contributed by atoms with Crippen molar-refractivity contribution in [3.8, 4) is 5.88 Å². The van der Waals surface area contributed by atoms with E-state index in [9.17, 15) is 4.79 Å². The van der Waals surface area contributed by atoms with Crippen molar-refractivity contribution in [1.29, 1.82) is 0 Å². The summed E-state index contributed by atoms with van der Waals surface area (Å²) in [5.74, 6) is 1.61. The predicted octanol–water partition coefficient (Wildman–Crippen LogP) is 3.39. The third-order valence-corrected chi connectivity index (χ3v) is 4.20. The number of nitrogens with zero attached hydrogens (tertiary/aromatic N) is 3. The van der Waals surface area contributed by atoms with Crippen LogP contribution in [0.2, 0.25) is 0 Å². The number of oxazole rings is 1. The van der Waals surface area contributed by atoms with E-state index in [0.717, 1.165) is 24.2 Å². The van der Waals surface area contributed by atoms with Crippen LogP contribution in [0.1, 0.15) is 35.0 Å². The van der Waals surface area contributed by atoms with Crippen molar-refractivity contribution in [2.24, 2.45) is 0 Å². The average Bonchev–Trinajstić information content (AvgIpc) is 3.39. The van der Waals surface area contributed by atoms with E-state index in [0.29, 0.717) is 28.6 Å². The number of methoxy groups -OCH3 is 1. The predicted molar refractivity (Wildman–Crippen MR) is 89.5 cm³/mol. The second-order valence-electron chi connectivity index (χ2n) is 5.93. The van der Waals surface area contributed by atoms with Crippen LogP contribution in [-0.2, 0) is 0 Å². The van der Waals surface area contributed by atoms with Gasteiger partial charge in [-0.25, -0.2) is 9.97 Å². The van der Waals surface area contributed by atoms with Crippen molar-refractivity contribution < 1.29 is 13.9 Å². The van der Waals surface area contributed by atoms with Gasteiger partial charge >= 0.3 is 0 Å². The highest BCUT2D eigenvalue weighted by molar-refractivity contribution is 6.07. The number of carbonyl (C=O) groups excluding carboxylic acids is 1. The number of anilines is 1. The summed E-state index contributed by atoms with van der Waals surface area (Å²) in [5.41, 5.74) is 2.70. The molecule has 0 unspecified atom stereocenters. The summed E-state index contributed by atoms with van der Waals surface area (Å²) in [4.78, 5) is 22.9. The first-order valence-electron chi connectivity index (χ1n) is 7.84.